The molecular weight excluding hydrogens is 454 g/mol. The minimum absolute atomic E-state index is 0.0612. The van der Waals surface area contributed by atoms with Crippen molar-refractivity contribution in [2.45, 2.75) is 30.7 Å². The predicted molar refractivity (Wildman–Crippen MR) is 122 cm³/mol. The molecule has 32 heavy (non-hydrogen) atoms. The summed E-state index contributed by atoms with van der Waals surface area (Å²) in [6.45, 7) is 1.98. The van der Waals surface area contributed by atoms with Crippen molar-refractivity contribution in [2.75, 3.05) is 25.5 Å². The Kier molecular flexibility index (Phi) is 7.76. The largest absolute Gasteiger partial charge is 0.497 e. The Morgan fingerprint density at radius 1 is 1.12 bits per heavy atom. The molecule has 0 aromatic heterocycles. The summed E-state index contributed by atoms with van der Waals surface area (Å²) in [4.78, 5) is 25.3. The number of hydrogen-bond donors (Lipinski definition) is 2. The zero-order chi connectivity index (χ0) is 23.3. The summed E-state index contributed by atoms with van der Waals surface area (Å²) in [5, 5.41) is 5.96. The van der Waals surface area contributed by atoms with Crippen LogP contribution < -0.4 is 15.4 Å². The third-order valence-corrected chi connectivity index (χ3v) is 7.45. The van der Waals surface area contributed by atoms with E-state index in [9.17, 15) is 18.0 Å². The number of piperidine rings is 1. The van der Waals surface area contributed by atoms with E-state index < -0.39 is 22.0 Å². The number of carbonyl (C=O) groups is 2. The van der Waals surface area contributed by atoms with Gasteiger partial charge in [-0.3, -0.25) is 9.59 Å². The van der Waals surface area contributed by atoms with Gasteiger partial charge in [0.15, 0.2) is 0 Å². The Hall–Kier alpha value is -2.62. The maximum Gasteiger partial charge on any atom is 0.246 e. The Labute approximate surface area is 192 Å². The number of halogens is 1. The Morgan fingerprint density at radius 2 is 1.78 bits per heavy atom. The predicted octanol–water partition coefficient (Wildman–Crippen LogP) is 2.89. The summed E-state index contributed by atoms with van der Waals surface area (Å²) in [6.07, 6.45) is 1.10. The van der Waals surface area contributed by atoms with E-state index in [1.807, 2.05) is 0 Å². The van der Waals surface area contributed by atoms with Gasteiger partial charge in [0.25, 0.3) is 0 Å². The Bertz CT molecular complexity index is 1060. The first kappa shape index (κ1) is 24.0. The molecule has 0 radical (unpaired) electrons. The molecule has 1 fully saturated rings. The summed E-state index contributed by atoms with van der Waals surface area (Å²) in [5.41, 5.74) is 0.565. The van der Waals surface area contributed by atoms with Crippen LogP contribution in [0.5, 0.6) is 5.75 Å². The first-order chi connectivity index (χ1) is 15.2. The van der Waals surface area contributed by atoms with E-state index in [0.717, 1.165) is 0 Å². The van der Waals surface area contributed by atoms with Crippen LogP contribution >= 0.6 is 11.6 Å². The molecule has 2 atom stereocenters. The normalized spacial score (nSPS) is 17.9. The standard InChI is InChI=1S/C22H26ClN3O5S/c1-15(21(27)25-18-7-5-17(23)6-8-18)24-22(28)16-4-3-13-26(14-16)32(29,30)20-11-9-19(31-2)10-12-20/h5-12,15-16H,3-4,13-14H2,1-2H3,(H,24,28)(H,25,27)/t15-,16+/m0/s1. The lowest BCUT2D eigenvalue weighted by Crippen LogP contribution is -2.49. The minimum atomic E-state index is -3.73. The van der Waals surface area contributed by atoms with Gasteiger partial charge < -0.3 is 15.4 Å². The van der Waals surface area contributed by atoms with Crippen LogP contribution in [0.3, 0.4) is 0 Å². The van der Waals surface area contributed by atoms with Crippen molar-refractivity contribution in [3.63, 3.8) is 0 Å². The van der Waals surface area contributed by atoms with Crippen molar-refractivity contribution < 1.29 is 22.7 Å². The fraction of sp³-hybridized carbons (Fsp3) is 0.364. The van der Waals surface area contributed by atoms with Crippen LogP contribution in [0, 0.1) is 5.92 Å². The summed E-state index contributed by atoms with van der Waals surface area (Å²) in [7, 11) is -2.23. The van der Waals surface area contributed by atoms with E-state index in [1.165, 1.54) is 23.5 Å². The molecule has 2 N–H and O–H groups in total. The molecule has 0 spiro atoms. The van der Waals surface area contributed by atoms with Crippen LogP contribution in [0.25, 0.3) is 0 Å². The molecule has 1 heterocycles. The highest BCUT2D eigenvalue weighted by Crippen LogP contribution is 2.25. The molecule has 10 heteroatoms. The number of methoxy groups -OCH3 is 1. The van der Waals surface area contributed by atoms with Gasteiger partial charge in [0, 0.05) is 23.8 Å². The van der Waals surface area contributed by atoms with E-state index in [2.05, 4.69) is 10.6 Å². The molecule has 1 aliphatic heterocycles. The smallest absolute Gasteiger partial charge is 0.246 e. The third kappa shape index (κ3) is 5.79. The molecule has 0 saturated carbocycles. The number of nitrogens with zero attached hydrogens (tertiary/aromatic N) is 1. The number of hydrogen-bond acceptors (Lipinski definition) is 5. The van der Waals surface area contributed by atoms with Gasteiger partial charge >= 0.3 is 0 Å². The third-order valence-electron chi connectivity index (χ3n) is 5.32. The second-order valence-corrected chi connectivity index (χ2v) is 9.98. The van der Waals surface area contributed by atoms with Crippen LogP contribution in [-0.2, 0) is 19.6 Å². The lowest BCUT2D eigenvalue weighted by Gasteiger charge is -2.31. The molecule has 0 bridgehead atoms. The van der Waals surface area contributed by atoms with E-state index in [0.29, 0.717) is 35.8 Å². The zero-order valence-corrected chi connectivity index (χ0v) is 19.4. The maximum absolute atomic E-state index is 13.0. The Balaban J connectivity index is 1.60. The van der Waals surface area contributed by atoms with E-state index in [-0.39, 0.29) is 23.3 Å². The number of anilines is 1. The van der Waals surface area contributed by atoms with Crippen molar-refractivity contribution in [2.24, 2.45) is 5.92 Å². The second kappa shape index (κ2) is 10.3. The number of carbonyl (C=O) groups excluding carboxylic acids is 2. The molecule has 2 amide bonds. The van der Waals surface area contributed by atoms with Crippen molar-refractivity contribution in [3.05, 3.63) is 53.6 Å². The summed E-state index contributed by atoms with van der Waals surface area (Å²) in [5.74, 6) is -0.703. The quantitative estimate of drug-likeness (QED) is 0.635. The summed E-state index contributed by atoms with van der Waals surface area (Å²) in [6, 6.07) is 12.0. The number of sulfonamides is 1. The molecule has 3 rings (SSSR count). The van der Waals surface area contributed by atoms with E-state index in [4.69, 9.17) is 16.3 Å². The average molecular weight is 480 g/mol. The van der Waals surface area contributed by atoms with Gasteiger partial charge in [0.1, 0.15) is 11.8 Å². The Morgan fingerprint density at radius 3 is 2.41 bits per heavy atom. The molecule has 2 aromatic carbocycles. The van der Waals surface area contributed by atoms with Crippen molar-refractivity contribution in [1.29, 1.82) is 0 Å². The molecule has 172 valence electrons. The van der Waals surface area contributed by atoms with Gasteiger partial charge in [-0.2, -0.15) is 4.31 Å². The highest BCUT2D eigenvalue weighted by molar-refractivity contribution is 7.89. The first-order valence-electron chi connectivity index (χ1n) is 10.2. The monoisotopic (exact) mass is 479 g/mol. The van der Waals surface area contributed by atoms with Gasteiger partial charge in [0.05, 0.1) is 17.9 Å². The van der Waals surface area contributed by atoms with Crippen molar-refractivity contribution in [3.8, 4) is 5.75 Å². The number of ether oxygens (including phenoxy) is 1. The van der Waals surface area contributed by atoms with Crippen molar-refractivity contribution in [1.82, 2.24) is 9.62 Å². The van der Waals surface area contributed by atoms with Gasteiger partial charge in [-0.15, -0.1) is 0 Å². The van der Waals surface area contributed by atoms with Gasteiger partial charge in [-0.25, -0.2) is 8.42 Å². The van der Waals surface area contributed by atoms with Gasteiger partial charge in [0.2, 0.25) is 21.8 Å². The van der Waals surface area contributed by atoms with Crippen LogP contribution in [0.4, 0.5) is 5.69 Å². The molecule has 1 aliphatic rings. The number of benzene rings is 2. The lowest BCUT2D eigenvalue weighted by atomic mass is 9.98. The fourth-order valence-corrected chi connectivity index (χ4v) is 5.10. The van der Waals surface area contributed by atoms with Crippen LogP contribution in [0.2, 0.25) is 5.02 Å². The molecular formula is C22H26ClN3O5S. The lowest BCUT2D eigenvalue weighted by molar-refractivity contribution is -0.129. The van der Waals surface area contributed by atoms with E-state index >= 15 is 0 Å². The molecule has 8 nitrogen and oxygen atoms in total. The maximum atomic E-state index is 13.0. The summed E-state index contributed by atoms with van der Waals surface area (Å²) >= 11 is 5.84. The topological polar surface area (TPSA) is 105 Å². The van der Waals surface area contributed by atoms with Crippen LogP contribution in [0.15, 0.2) is 53.4 Å². The highest BCUT2D eigenvalue weighted by atomic mass is 35.5. The molecule has 0 unspecified atom stereocenters. The zero-order valence-electron chi connectivity index (χ0n) is 17.9. The van der Waals surface area contributed by atoms with Crippen molar-refractivity contribution >= 4 is 39.1 Å². The van der Waals surface area contributed by atoms with Crippen LogP contribution in [-0.4, -0.2) is 50.8 Å². The number of nitrogens with one attached hydrogen (secondary N) is 2. The fourth-order valence-electron chi connectivity index (χ4n) is 3.45. The van der Waals surface area contributed by atoms with Gasteiger partial charge in [-0.1, -0.05) is 11.6 Å². The number of rotatable bonds is 7. The molecule has 2 aromatic rings. The number of amides is 2. The average Bonchev–Trinajstić information content (AvgIpc) is 2.80. The van der Waals surface area contributed by atoms with E-state index in [1.54, 1.807) is 43.3 Å². The highest BCUT2D eigenvalue weighted by Gasteiger charge is 2.34. The summed E-state index contributed by atoms with van der Waals surface area (Å²) < 4.78 is 32.4. The van der Waals surface area contributed by atoms with Crippen LogP contribution in [0.1, 0.15) is 19.8 Å². The molecule has 0 aliphatic carbocycles. The second-order valence-electron chi connectivity index (χ2n) is 7.60. The SMILES string of the molecule is COc1ccc(S(=O)(=O)N2CCC[C@@H](C(=O)N[C@@H](C)C(=O)Nc3ccc(Cl)cc3)C2)cc1. The minimum Gasteiger partial charge on any atom is -0.497 e. The molecule has 1 saturated heterocycles. The first-order valence-corrected chi connectivity index (χ1v) is 12.0. The van der Waals surface area contributed by atoms with Gasteiger partial charge in [-0.05, 0) is 68.3 Å².